The van der Waals surface area contributed by atoms with Crippen LogP contribution in [0.25, 0.3) is 5.65 Å². The van der Waals surface area contributed by atoms with Crippen molar-refractivity contribution in [2.75, 3.05) is 6.54 Å². The molecular weight excluding hydrogens is 434 g/mol. The average Bonchev–Trinajstić information content (AvgIpc) is 3.24. The van der Waals surface area contributed by atoms with Crippen LogP contribution in [-0.4, -0.2) is 27.0 Å². The first-order chi connectivity index (χ1) is 16.5. The lowest BCUT2D eigenvalue weighted by Gasteiger charge is -2.07. The van der Waals surface area contributed by atoms with Gasteiger partial charge in [0.15, 0.2) is 5.65 Å². The SMILES string of the molecule is CCCCCCCCCCCCCCCCCCNC(=O)c1cnn2c(C(F)F)cc(C)nc12. The van der Waals surface area contributed by atoms with Crippen LogP contribution in [0.15, 0.2) is 12.3 Å². The normalized spacial score (nSPS) is 11.6. The molecule has 0 spiro atoms. The molecule has 1 amide bonds. The Morgan fingerprint density at radius 2 is 1.38 bits per heavy atom. The fourth-order valence-corrected chi connectivity index (χ4v) is 4.40. The van der Waals surface area contributed by atoms with Crippen LogP contribution in [0, 0.1) is 6.92 Å². The van der Waals surface area contributed by atoms with Crippen molar-refractivity contribution in [2.24, 2.45) is 0 Å². The lowest BCUT2D eigenvalue weighted by molar-refractivity contribution is 0.0954. The van der Waals surface area contributed by atoms with Gasteiger partial charge in [-0.3, -0.25) is 4.79 Å². The molecule has 0 aliphatic carbocycles. The minimum Gasteiger partial charge on any atom is -0.352 e. The molecule has 0 saturated heterocycles. The summed E-state index contributed by atoms with van der Waals surface area (Å²) in [6, 6.07) is 1.29. The summed E-state index contributed by atoms with van der Waals surface area (Å²) >= 11 is 0. The molecule has 2 rings (SSSR count). The first-order valence-corrected chi connectivity index (χ1v) is 13.5. The summed E-state index contributed by atoms with van der Waals surface area (Å²) in [5.74, 6) is -0.311. The van der Waals surface area contributed by atoms with E-state index in [-0.39, 0.29) is 22.8 Å². The molecule has 0 unspecified atom stereocenters. The van der Waals surface area contributed by atoms with Gasteiger partial charge in [0.05, 0.1) is 6.20 Å². The van der Waals surface area contributed by atoms with E-state index in [9.17, 15) is 13.6 Å². The van der Waals surface area contributed by atoms with Gasteiger partial charge >= 0.3 is 0 Å². The number of nitrogens with zero attached hydrogens (tertiary/aromatic N) is 3. The van der Waals surface area contributed by atoms with Crippen LogP contribution in [0.2, 0.25) is 0 Å². The van der Waals surface area contributed by atoms with E-state index in [4.69, 9.17) is 0 Å². The van der Waals surface area contributed by atoms with Crippen LogP contribution in [-0.2, 0) is 0 Å². The van der Waals surface area contributed by atoms with Crippen LogP contribution in [0.1, 0.15) is 138 Å². The lowest BCUT2D eigenvalue weighted by atomic mass is 10.0. The van der Waals surface area contributed by atoms with Crippen LogP contribution >= 0.6 is 0 Å². The van der Waals surface area contributed by atoms with Crippen molar-refractivity contribution in [3.05, 3.63) is 29.2 Å². The fourth-order valence-electron chi connectivity index (χ4n) is 4.40. The minimum absolute atomic E-state index is 0.180. The molecule has 34 heavy (non-hydrogen) atoms. The van der Waals surface area contributed by atoms with Crippen molar-refractivity contribution in [1.29, 1.82) is 0 Å². The number of carbonyl (C=O) groups excluding carboxylic acids is 1. The summed E-state index contributed by atoms with van der Waals surface area (Å²) in [7, 11) is 0. The molecule has 5 nitrogen and oxygen atoms in total. The zero-order valence-corrected chi connectivity index (χ0v) is 21.3. The summed E-state index contributed by atoms with van der Waals surface area (Å²) in [4.78, 5) is 16.7. The summed E-state index contributed by atoms with van der Waals surface area (Å²) < 4.78 is 27.5. The van der Waals surface area contributed by atoms with E-state index in [1.54, 1.807) is 6.92 Å². The van der Waals surface area contributed by atoms with Gasteiger partial charge in [-0.25, -0.2) is 18.3 Å². The second kappa shape index (κ2) is 16.6. The highest BCUT2D eigenvalue weighted by Gasteiger charge is 2.19. The Morgan fingerprint density at radius 1 is 0.882 bits per heavy atom. The van der Waals surface area contributed by atoms with Gasteiger partial charge in [-0.15, -0.1) is 0 Å². The molecule has 192 valence electrons. The topological polar surface area (TPSA) is 59.3 Å². The highest BCUT2D eigenvalue weighted by molar-refractivity contribution is 5.99. The molecule has 0 fully saturated rings. The van der Waals surface area contributed by atoms with Crippen LogP contribution in [0.5, 0.6) is 0 Å². The predicted molar refractivity (Wildman–Crippen MR) is 135 cm³/mol. The van der Waals surface area contributed by atoms with Gasteiger partial charge in [0.25, 0.3) is 12.3 Å². The summed E-state index contributed by atoms with van der Waals surface area (Å²) in [5, 5.41) is 6.82. The standard InChI is InChI=1S/C27H44F2N4O/c1-3-4-5-6-7-8-9-10-11-12-13-14-15-16-17-18-19-30-27(34)23-21-31-33-24(25(28)29)20-22(2)32-26(23)33/h20-21,25H,3-19H2,1-2H3,(H,30,34). The Kier molecular flexibility index (Phi) is 13.7. The van der Waals surface area contributed by atoms with E-state index >= 15 is 0 Å². The molecule has 1 N–H and O–H groups in total. The van der Waals surface area contributed by atoms with Gasteiger partial charge in [0.2, 0.25) is 0 Å². The van der Waals surface area contributed by atoms with Crippen molar-refractivity contribution in [3.63, 3.8) is 0 Å². The number of hydrogen-bond donors (Lipinski definition) is 1. The molecule has 2 aromatic rings. The van der Waals surface area contributed by atoms with Crippen LogP contribution in [0.3, 0.4) is 0 Å². The Hall–Kier alpha value is -2.05. The Labute approximate surface area is 204 Å². The van der Waals surface area contributed by atoms with Crippen molar-refractivity contribution < 1.29 is 13.6 Å². The van der Waals surface area contributed by atoms with E-state index in [1.165, 1.54) is 102 Å². The Morgan fingerprint density at radius 3 is 1.88 bits per heavy atom. The van der Waals surface area contributed by atoms with E-state index in [2.05, 4.69) is 22.3 Å². The molecule has 2 heterocycles. The largest absolute Gasteiger partial charge is 0.352 e. The Balaban J connectivity index is 1.48. The smallest absolute Gasteiger partial charge is 0.280 e. The van der Waals surface area contributed by atoms with Crippen molar-refractivity contribution in [3.8, 4) is 0 Å². The second-order valence-corrected chi connectivity index (χ2v) is 9.48. The third kappa shape index (κ3) is 10.1. The molecular formula is C27H44F2N4O. The van der Waals surface area contributed by atoms with Gasteiger partial charge in [-0.1, -0.05) is 103 Å². The third-order valence-electron chi connectivity index (χ3n) is 6.41. The maximum atomic E-state index is 13.2. The van der Waals surface area contributed by atoms with E-state index in [0.717, 1.165) is 17.4 Å². The van der Waals surface area contributed by atoms with Crippen molar-refractivity contribution in [1.82, 2.24) is 19.9 Å². The lowest BCUT2D eigenvalue weighted by Crippen LogP contribution is -2.24. The zero-order valence-electron chi connectivity index (χ0n) is 21.3. The summed E-state index contributed by atoms with van der Waals surface area (Å²) in [6.07, 6.45) is 19.6. The van der Waals surface area contributed by atoms with Gasteiger partial charge < -0.3 is 5.32 Å². The summed E-state index contributed by atoms with van der Waals surface area (Å²) in [5.41, 5.74) is 0.608. The Bertz CT molecular complexity index is 837. The fraction of sp³-hybridized carbons (Fsp3) is 0.741. The molecule has 7 heteroatoms. The molecule has 2 aromatic heterocycles. The highest BCUT2D eigenvalue weighted by atomic mass is 19.3. The van der Waals surface area contributed by atoms with E-state index in [1.807, 2.05) is 0 Å². The van der Waals surface area contributed by atoms with Gasteiger partial charge in [0, 0.05) is 12.2 Å². The molecule has 0 saturated carbocycles. The van der Waals surface area contributed by atoms with Crippen LogP contribution < -0.4 is 5.32 Å². The van der Waals surface area contributed by atoms with Crippen LogP contribution in [0.4, 0.5) is 8.78 Å². The average molecular weight is 479 g/mol. The van der Waals surface area contributed by atoms with Crippen molar-refractivity contribution in [2.45, 2.75) is 123 Å². The molecule has 0 aromatic carbocycles. The minimum atomic E-state index is -2.68. The predicted octanol–water partition coefficient (Wildman–Crippen LogP) is 7.97. The number of fused-ring (bicyclic) bond motifs is 1. The van der Waals surface area contributed by atoms with Gasteiger partial charge in [-0.05, 0) is 19.4 Å². The van der Waals surface area contributed by atoms with E-state index < -0.39 is 6.43 Å². The number of alkyl halides is 2. The van der Waals surface area contributed by atoms with Crippen molar-refractivity contribution >= 4 is 11.6 Å². The third-order valence-corrected chi connectivity index (χ3v) is 6.41. The second-order valence-electron chi connectivity index (χ2n) is 9.48. The molecule has 0 atom stereocenters. The number of halogens is 2. The highest BCUT2D eigenvalue weighted by Crippen LogP contribution is 2.21. The number of aromatic nitrogens is 3. The maximum absolute atomic E-state index is 13.2. The molecule has 0 aliphatic heterocycles. The molecule has 0 aliphatic rings. The monoisotopic (exact) mass is 478 g/mol. The number of rotatable bonds is 19. The number of aryl methyl sites for hydroxylation is 1. The van der Waals surface area contributed by atoms with Gasteiger partial charge in [0.1, 0.15) is 11.3 Å². The van der Waals surface area contributed by atoms with E-state index in [0.29, 0.717) is 12.2 Å². The molecule has 0 radical (unpaired) electrons. The number of unbranched alkanes of at least 4 members (excludes halogenated alkanes) is 15. The number of nitrogens with one attached hydrogen (secondary N) is 1. The quantitative estimate of drug-likeness (QED) is 0.208. The number of hydrogen-bond acceptors (Lipinski definition) is 3. The number of amides is 1. The first-order valence-electron chi connectivity index (χ1n) is 13.5. The van der Waals surface area contributed by atoms with Gasteiger partial charge in [-0.2, -0.15) is 5.10 Å². The maximum Gasteiger partial charge on any atom is 0.280 e. The first kappa shape index (κ1) is 28.2. The molecule has 0 bridgehead atoms. The summed E-state index contributed by atoms with van der Waals surface area (Å²) in [6.45, 7) is 4.47. The number of carbonyl (C=O) groups is 1. The zero-order chi connectivity index (χ0) is 24.6.